The summed E-state index contributed by atoms with van der Waals surface area (Å²) in [7, 11) is 0. The lowest BCUT2D eigenvalue weighted by Crippen LogP contribution is -1.90. The van der Waals surface area contributed by atoms with Crippen molar-refractivity contribution < 1.29 is 0 Å². The van der Waals surface area contributed by atoms with Crippen LogP contribution in [0.4, 0.5) is 0 Å². The summed E-state index contributed by atoms with van der Waals surface area (Å²) in [6, 6.07) is 20.6. The van der Waals surface area contributed by atoms with Gasteiger partial charge in [-0.3, -0.25) is 0 Å². The molecule has 5 aromatic rings. The number of aromatic nitrogens is 3. The average molecular weight is 313 g/mol. The molecule has 0 spiro atoms. The zero-order chi connectivity index (χ0) is 15.2. The van der Waals surface area contributed by atoms with Crippen LogP contribution >= 0.6 is 11.3 Å². The van der Waals surface area contributed by atoms with Crippen molar-refractivity contribution in [2.45, 2.75) is 0 Å². The fourth-order valence-corrected chi connectivity index (χ4v) is 4.09. The molecule has 3 nitrogen and oxygen atoms in total. The van der Waals surface area contributed by atoms with Gasteiger partial charge in [-0.1, -0.05) is 42.5 Å². The van der Waals surface area contributed by atoms with Crippen LogP contribution in [0.2, 0.25) is 0 Å². The topological polar surface area (TPSA) is 38.7 Å². The zero-order valence-corrected chi connectivity index (χ0v) is 12.9. The van der Waals surface area contributed by atoms with Crippen LogP contribution in [0.15, 0.2) is 66.9 Å². The van der Waals surface area contributed by atoms with Crippen molar-refractivity contribution in [2.24, 2.45) is 0 Å². The average Bonchev–Trinajstić information content (AvgIpc) is 3.00. The summed E-state index contributed by atoms with van der Waals surface area (Å²) >= 11 is 1.75. The Morgan fingerprint density at radius 2 is 1.65 bits per heavy atom. The SMILES string of the molecule is c1ccc2nc(-c3nncc4c3sc3ccccc34)ccc2c1. The maximum absolute atomic E-state index is 4.77. The highest BCUT2D eigenvalue weighted by Gasteiger charge is 2.13. The van der Waals surface area contributed by atoms with E-state index in [4.69, 9.17) is 4.98 Å². The Balaban J connectivity index is 1.84. The van der Waals surface area contributed by atoms with Gasteiger partial charge in [0.2, 0.25) is 0 Å². The van der Waals surface area contributed by atoms with Crippen molar-refractivity contribution in [3.63, 3.8) is 0 Å². The molecule has 0 fully saturated rings. The van der Waals surface area contributed by atoms with E-state index in [0.29, 0.717) is 0 Å². The van der Waals surface area contributed by atoms with Gasteiger partial charge in [0.25, 0.3) is 0 Å². The largest absolute Gasteiger partial charge is 0.246 e. The Labute approximate surface area is 136 Å². The van der Waals surface area contributed by atoms with Gasteiger partial charge in [0, 0.05) is 20.9 Å². The first-order valence-corrected chi connectivity index (χ1v) is 8.21. The van der Waals surface area contributed by atoms with E-state index in [1.807, 2.05) is 30.5 Å². The molecule has 0 aliphatic heterocycles. The van der Waals surface area contributed by atoms with Gasteiger partial charge in [0.1, 0.15) is 5.69 Å². The first-order chi connectivity index (χ1) is 11.4. The van der Waals surface area contributed by atoms with Crippen molar-refractivity contribution in [1.82, 2.24) is 15.2 Å². The molecule has 0 N–H and O–H groups in total. The highest BCUT2D eigenvalue weighted by atomic mass is 32.1. The Hall–Kier alpha value is -2.85. The number of nitrogens with zero attached hydrogens (tertiary/aromatic N) is 3. The van der Waals surface area contributed by atoms with Crippen molar-refractivity contribution in [3.8, 4) is 11.4 Å². The van der Waals surface area contributed by atoms with Crippen molar-refractivity contribution in [3.05, 3.63) is 66.9 Å². The van der Waals surface area contributed by atoms with E-state index >= 15 is 0 Å². The summed E-state index contributed by atoms with van der Waals surface area (Å²) < 4.78 is 2.39. The Morgan fingerprint density at radius 3 is 2.65 bits per heavy atom. The number of hydrogen-bond acceptors (Lipinski definition) is 4. The van der Waals surface area contributed by atoms with Gasteiger partial charge in [0.05, 0.1) is 22.1 Å². The number of para-hydroxylation sites is 1. The first kappa shape index (κ1) is 12.7. The highest BCUT2D eigenvalue weighted by molar-refractivity contribution is 7.26. The Bertz CT molecular complexity index is 1180. The molecule has 0 saturated carbocycles. The fraction of sp³-hybridized carbons (Fsp3) is 0. The van der Waals surface area contributed by atoms with Gasteiger partial charge in [-0.25, -0.2) is 4.98 Å². The summed E-state index contributed by atoms with van der Waals surface area (Å²) in [5.74, 6) is 0. The van der Waals surface area contributed by atoms with E-state index in [0.717, 1.165) is 32.4 Å². The predicted octanol–water partition coefficient (Wildman–Crippen LogP) is 5.06. The molecule has 4 heteroatoms. The molecule has 0 unspecified atom stereocenters. The number of pyridine rings is 1. The summed E-state index contributed by atoms with van der Waals surface area (Å²) in [5, 5.41) is 12.1. The first-order valence-electron chi connectivity index (χ1n) is 7.39. The van der Waals surface area contributed by atoms with Crippen LogP contribution in [0.25, 0.3) is 42.5 Å². The second kappa shape index (κ2) is 4.83. The fourth-order valence-electron chi connectivity index (χ4n) is 2.92. The molecule has 2 aromatic carbocycles. The number of thiophene rings is 1. The van der Waals surface area contributed by atoms with Crippen LogP contribution in [-0.4, -0.2) is 15.2 Å². The van der Waals surface area contributed by atoms with Crippen LogP contribution in [0.5, 0.6) is 0 Å². The lowest BCUT2D eigenvalue weighted by atomic mass is 10.1. The molecule has 108 valence electrons. The van der Waals surface area contributed by atoms with E-state index in [-0.39, 0.29) is 0 Å². The van der Waals surface area contributed by atoms with Crippen molar-refractivity contribution in [1.29, 1.82) is 0 Å². The molecular weight excluding hydrogens is 302 g/mol. The third-order valence-corrected chi connectivity index (χ3v) is 5.23. The van der Waals surface area contributed by atoms with Crippen LogP contribution in [-0.2, 0) is 0 Å². The Kier molecular flexibility index (Phi) is 2.66. The van der Waals surface area contributed by atoms with E-state index < -0.39 is 0 Å². The van der Waals surface area contributed by atoms with Gasteiger partial charge >= 0.3 is 0 Å². The number of rotatable bonds is 1. The molecule has 23 heavy (non-hydrogen) atoms. The van der Waals surface area contributed by atoms with Crippen molar-refractivity contribution in [2.75, 3.05) is 0 Å². The zero-order valence-electron chi connectivity index (χ0n) is 12.1. The molecule has 0 aliphatic carbocycles. The second-order valence-corrected chi connectivity index (χ2v) is 6.48. The number of hydrogen-bond donors (Lipinski definition) is 0. The minimum atomic E-state index is 0.856. The summed E-state index contributed by atoms with van der Waals surface area (Å²) in [5.41, 5.74) is 2.70. The van der Waals surface area contributed by atoms with Gasteiger partial charge < -0.3 is 0 Å². The molecular formula is C19H11N3S. The maximum atomic E-state index is 4.77. The lowest BCUT2D eigenvalue weighted by molar-refractivity contribution is 1.05. The van der Waals surface area contributed by atoms with E-state index in [2.05, 4.69) is 46.6 Å². The molecule has 0 aliphatic rings. The number of fused-ring (bicyclic) bond motifs is 4. The quantitative estimate of drug-likeness (QED) is 0.434. The molecule has 3 heterocycles. The second-order valence-electron chi connectivity index (χ2n) is 5.42. The predicted molar refractivity (Wildman–Crippen MR) is 95.7 cm³/mol. The minimum absolute atomic E-state index is 0.856. The molecule has 0 bridgehead atoms. The smallest absolute Gasteiger partial charge is 0.129 e. The van der Waals surface area contributed by atoms with Gasteiger partial charge in [-0.2, -0.15) is 5.10 Å². The molecule has 0 atom stereocenters. The molecule has 0 saturated heterocycles. The van der Waals surface area contributed by atoms with Crippen LogP contribution < -0.4 is 0 Å². The molecule has 0 radical (unpaired) electrons. The van der Waals surface area contributed by atoms with E-state index in [9.17, 15) is 0 Å². The van der Waals surface area contributed by atoms with Crippen LogP contribution in [0.1, 0.15) is 0 Å². The summed E-state index contributed by atoms with van der Waals surface area (Å²) in [4.78, 5) is 4.77. The van der Waals surface area contributed by atoms with E-state index in [1.54, 1.807) is 11.3 Å². The van der Waals surface area contributed by atoms with Gasteiger partial charge in [-0.15, -0.1) is 16.4 Å². The molecule has 3 aromatic heterocycles. The molecule has 0 amide bonds. The lowest BCUT2D eigenvalue weighted by Gasteiger charge is -2.03. The Morgan fingerprint density at radius 1 is 0.783 bits per heavy atom. The van der Waals surface area contributed by atoms with Crippen LogP contribution in [0, 0.1) is 0 Å². The summed E-state index contributed by atoms with van der Waals surface area (Å²) in [6.07, 6.45) is 1.85. The standard InChI is InChI=1S/C19H11N3S/c1-3-7-15-12(5-1)9-10-16(21-15)18-19-14(11-20-22-18)13-6-2-4-8-17(13)23-19/h1-11H. The van der Waals surface area contributed by atoms with Gasteiger partial charge in [0.15, 0.2) is 0 Å². The minimum Gasteiger partial charge on any atom is -0.246 e. The number of benzene rings is 2. The monoisotopic (exact) mass is 313 g/mol. The van der Waals surface area contributed by atoms with Crippen molar-refractivity contribution >= 4 is 42.4 Å². The molecule has 5 rings (SSSR count). The van der Waals surface area contributed by atoms with E-state index in [1.165, 1.54) is 10.1 Å². The highest BCUT2D eigenvalue weighted by Crippen LogP contribution is 2.37. The summed E-state index contributed by atoms with van der Waals surface area (Å²) in [6.45, 7) is 0. The van der Waals surface area contributed by atoms with Gasteiger partial charge in [-0.05, 0) is 18.2 Å². The third kappa shape index (κ3) is 1.92. The maximum Gasteiger partial charge on any atom is 0.129 e. The normalized spacial score (nSPS) is 11.5. The third-order valence-electron chi connectivity index (χ3n) is 4.03. The van der Waals surface area contributed by atoms with Crippen LogP contribution in [0.3, 0.4) is 0 Å².